The lowest BCUT2D eigenvalue weighted by Gasteiger charge is -2.17. The molecule has 0 saturated heterocycles. The topological polar surface area (TPSA) is 31.6 Å². The van der Waals surface area contributed by atoms with E-state index < -0.39 is 11.7 Å². The Balaban J connectivity index is 0.00000231. The van der Waals surface area contributed by atoms with Gasteiger partial charge < -0.3 is 9.97 Å². The van der Waals surface area contributed by atoms with E-state index in [9.17, 15) is 13.2 Å². The zero-order valence-electron chi connectivity index (χ0n) is 16.5. The van der Waals surface area contributed by atoms with Crippen LogP contribution in [0, 0.1) is 12.8 Å². The van der Waals surface area contributed by atoms with Crippen LogP contribution < -0.4 is 0 Å². The molecule has 0 amide bonds. The largest absolute Gasteiger partial charge is 0.416 e. The van der Waals surface area contributed by atoms with Gasteiger partial charge >= 0.3 is 6.18 Å². The van der Waals surface area contributed by atoms with E-state index in [2.05, 4.69) is 9.97 Å². The summed E-state index contributed by atoms with van der Waals surface area (Å²) in [6.07, 6.45) is -0.504. The summed E-state index contributed by atoms with van der Waals surface area (Å²) >= 11 is 0. The lowest BCUT2D eigenvalue weighted by Crippen LogP contribution is -2.07. The van der Waals surface area contributed by atoms with Crippen LogP contribution >= 0.6 is 12.4 Å². The van der Waals surface area contributed by atoms with Crippen LogP contribution in [-0.4, -0.2) is 9.97 Å². The van der Waals surface area contributed by atoms with Crippen LogP contribution in [0.4, 0.5) is 13.2 Å². The molecule has 31 heavy (non-hydrogen) atoms. The monoisotopic (exact) mass is 439 g/mol. The number of fused-ring (bicyclic) bond motifs is 2. The Hall–Kier alpha value is -3.18. The Labute approximate surface area is 183 Å². The number of nitrogens with one attached hydrogen (secondary N) is 2. The first-order valence-corrected chi connectivity index (χ1v) is 9.61. The third-order valence-corrected chi connectivity index (χ3v) is 5.55. The van der Waals surface area contributed by atoms with E-state index in [-0.39, 0.29) is 12.4 Å². The van der Waals surface area contributed by atoms with Gasteiger partial charge in [0.15, 0.2) is 0 Å². The molecule has 3 aromatic carbocycles. The van der Waals surface area contributed by atoms with Crippen molar-refractivity contribution in [3.8, 4) is 0 Å². The smallest absolute Gasteiger partial charge is 0.361 e. The van der Waals surface area contributed by atoms with Gasteiger partial charge in [-0.3, -0.25) is 0 Å². The first-order valence-electron chi connectivity index (χ1n) is 9.61. The molecule has 5 aromatic rings. The maximum absolute atomic E-state index is 13.1. The fraction of sp³-hybridized carbons (Fsp3) is 0.0800. The Morgan fingerprint density at radius 2 is 1.39 bits per heavy atom. The van der Waals surface area contributed by atoms with Gasteiger partial charge in [0.25, 0.3) is 0 Å². The summed E-state index contributed by atoms with van der Waals surface area (Å²) in [5, 5.41) is 2.06. The number of para-hydroxylation sites is 2. The van der Waals surface area contributed by atoms with Crippen molar-refractivity contribution < 1.29 is 13.2 Å². The molecule has 6 heteroatoms. The quantitative estimate of drug-likeness (QED) is 0.293. The number of rotatable bonds is 3. The van der Waals surface area contributed by atoms with Gasteiger partial charge in [0.2, 0.25) is 0 Å². The van der Waals surface area contributed by atoms with E-state index >= 15 is 0 Å². The van der Waals surface area contributed by atoms with Gasteiger partial charge in [-0.25, -0.2) is 0 Å². The lowest BCUT2D eigenvalue weighted by atomic mass is 9.84. The van der Waals surface area contributed by atoms with E-state index in [1.807, 2.05) is 61.8 Å². The zero-order chi connectivity index (χ0) is 20.9. The predicted molar refractivity (Wildman–Crippen MR) is 121 cm³/mol. The maximum Gasteiger partial charge on any atom is 0.416 e. The molecule has 2 N–H and O–H groups in total. The van der Waals surface area contributed by atoms with Crippen LogP contribution in [-0.2, 0) is 6.18 Å². The second kappa shape index (κ2) is 7.82. The Morgan fingerprint density at radius 1 is 0.742 bits per heavy atom. The number of H-pyrrole nitrogens is 2. The van der Waals surface area contributed by atoms with Crippen molar-refractivity contribution in [3.05, 3.63) is 113 Å². The molecular formula is C25H19ClF3N2. The van der Waals surface area contributed by atoms with E-state index in [1.165, 1.54) is 0 Å². The lowest BCUT2D eigenvalue weighted by molar-refractivity contribution is -0.137. The van der Waals surface area contributed by atoms with Crippen molar-refractivity contribution in [2.75, 3.05) is 0 Å². The SMILES string of the molecule is Cc1cccc2c([C](c3ccc(C(F)(F)F)cc3)c3c[nH]c4ccccc34)c[nH]c12.Cl. The fourth-order valence-electron chi connectivity index (χ4n) is 4.07. The number of aryl methyl sites for hydroxylation is 1. The Morgan fingerprint density at radius 3 is 2.13 bits per heavy atom. The van der Waals surface area contributed by atoms with Crippen LogP contribution in [0.5, 0.6) is 0 Å². The molecule has 2 nitrogen and oxygen atoms in total. The molecule has 0 aliphatic rings. The number of aromatic amines is 2. The van der Waals surface area contributed by atoms with Crippen LogP contribution in [0.25, 0.3) is 21.8 Å². The van der Waals surface area contributed by atoms with Gasteiger partial charge in [0.1, 0.15) is 0 Å². The summed E-state index contributed by atoms with van der Waals surface area (Å²) in [7, 11) is 0. The summed E-state index contributed by atoms with van der Waals surface area (Å²) in [5.74, 6) is 0.887. The third kappa shape index (κ3) is 3.59. The highest BCUT2D eigenvalue weighted by Gasteiger charge is 2.31. The Bertz CT molecular complexity index is 1350. The number of halogens is 4. The minimum absolute atomic E-state index is 0. The standard InChI is InChI=1S/C25H18F3N2.ClH/c1-15-5-4-7-19-21(14-30-24(15)19)23(16-9-11-17(12-10-16)25(26,27)28)20-13-29-22-8-3-2-6-18(20)22;/h2-14,29-30H,1H3;1H. The Kier molecular flexibility index (Phi) is 5.31. The number of hydrogen-bond acceptors (Lipinski definition) is 0. The van der Waals surface area contributed by atoms with Crippen molar-refractivity contribution in [1.82, 2.24) is 9.97 Å². The molecule has 0 fully saturated rings. The number of aromatic nitrogens is 2. The summed E-state index contributed by atoms with van der Waals surface area (Å²) in [4.78, 5) is 6.63. The van der Waals surface area contributed by atoms with Crippen LogP contribution in [0.2, 0.25) is 0 Å². The average Bonchev–Trinajstić information content (AvgIpc) is 3.34. The van der Waals surface area contributed by atoms with Gasteiger partial charge in [-0.1, -0.05) is 48.5 Å². The van der Waals surface area contributed by atoms with Crippen LogP contribution in [0.3, 0.4) is 0 Å². The van der Waals surface area contributed by atoms with E-state index in [0.717, 1.165) is 62.1 Å². The van der Waals surface area contributed by atoms with E-state index in [0.29, 0.717) is 0 Å². The molecular weight excluding hydrogens is 421 g/mol. The zero-order valence-corrected chi connectivity index (χ0v) is 17.4. The summed E-state index contributed by atoms with van der Waals surface area (Å²) in [6.45, 7) is 2.03. The molecule has 0 bridgehead atoms. The molecule has 0 spiro atoms. The molecule has 1 radical (unpaired) electrons. The van der Waals surface area contributed by atoms with Crippen molar-refractivity contribution in [2.24, 2.45) is 0 Å². The summed E-state index contributed by atoms with van der Waals surface area (Å²) in [6, 6.07) is 19.4. The molecule has 0 aliphatic carbocycles. The van der Waals surface area contributed by atoms with Crippen molar-refractivity contribution in [1.29, 1.82) is 0 Å². The van der Waals surface area contributed by atoms with Crippen molar-refractivity contribution >= 4 is 34.2 Å². The normalized spacial score (nSPS) is 11.9. The minimum atomic E-state index is -4.36. The molecule has 0 atom stereocenters. The molecule has 157 valence electrons. The van der Waals surface area contributed by atoms with Crippen LogP contribution in [0.15, 0.2) is 79.1 Å². The van der Waals surface area contributed by atoms with Gasteiger partial charge in [-0.2, -0.15) is 13.2 Å². The number of hydrogen-bond donors (Lipinski definition) is 2. The number of benzene rings is 3. The molecule has 0 aliphatic heterocycles. The van der Waals surface area contributed by atoms with Gasteiger partial charge in [0, 0.05) is 34.2 Å². The molecule has 2 heterocycles. The highest BCUT2D eigenvalue weighted by atomic mass is 35.5. The van der Waals surface area contributed by atoms with Gasteiger partial charge in [-0.05, 0) is 47.4 Å². The second-order valence-electron chi connectivity index (χ2n) is 7.40. The fourth-order valence-corrected chi connectivity index (χ4v) is 4.07. The van der Waals surface area contributed by atoms with E-state index in [1.54, 1.807) is 12.1 Å². The van der Waals surface area contributed by atoms with Crippen molar-refractivity contribution in [2.45, 2.75) is 13.1 Å². The molecule has 0 saturated carbocycles. The summed E-state index contributed by atoms with van der Waals surface area (Å²) < 4.78 is 39.3. The highest BCUT2D eigenvalue weighted by Crippen LogP contribution is 2.40. The molecule has 0 unspecified atom stereocenters. The summed E-state index contributed by atoms with van der Waals surface area (Å²) in [5.41, 5.74) is 5.11. The van der Waals surface area contributed by atoms with Gasteiger partial charge in [-0.15, -0.1) is 12.4 Å². The van der Waals surface area contributed by atoms with E-state index in [4.69, 9.17) is 0 Å². The minimum Gasteiger partial charge on any atom is -0.361 e. The third-order valence-electron chi connectivity index (χ3n) is 5.55. The molecule has 2 aromatic heterocycles. The average molecular weight is 440 g/mol. The van der Waals surface area contributed by atoms with Crippen molar-refractivity contribution in [3.63, 3.8) is 0 Å². The first-order chi connectivity index (χ1) is 14.4. The predicted octanol–water partition coefficient (Wildman–Crippen LogP) is 7.42. The van der Waals surface area contributed by atoms with Crippen LogP contribution in [0.1, 0.15) is 27.8 Å². The second-order valence-corrected chi connectivity index (χ2v) is 7.40. The maximum atomic E-state index is 13.1. The highest BCUT2D eigenvalue weighted by molar-refractivity contribution is 5.94. The molecule has 5 rings (SSSR count). The number of alkyl halides is 3. The van der Waals surface area contributed by atoms with Gasteiger partial charge in [0.05, 0.1) is 11.5 Å². The first kappa shape index (κ1) is 21.1.